The van der Waals surface area contributed by atoms with E-state index in [0.717, 1.165) is 18.3 Å². The van der Waals surface area contributed by atoms with E-state index >= 15 is 0 Å². The molecule has 94 valence electrons. The minimum absolute atomic E-state index is 0.260. The minimum Gasteiger partial charge on any atom is -0.391 e. The molecule has 2 fully saturated rings. The Kier molecular flexibility index (Phi) is 4.66. The second-order valence-electron chi connectivity index (χ2n) is 5.57. The fourth-order valence-electron chi connectivity index (χ4n) is 3.44. The van der Waals surface area contributed by atoms with Crippen molar-refractivity contribution < 1.29 is 9.84 Å². The van der Waals surface area contributed by atoms with Crippen molar-refractivity contribution in [2.75, 3.05) is 6.61 Å². The number of hydrogen-bond acceptors (Lipinski definition) is 2. The van der Waals surface area contributed by atoms with E-state index in [0.29, 0.717) is 12.7 Å². The van der Waals surface area contributed by atoms with Crippen LogP contribution in [0.5, 0.6) is 0 Å². The largest absolute Gasteiger partial charge is 0.391 e. The molecule has 0 spiro atoms. The minimum atomic E-state index is -0.260. The Morgan fingerprint density at radius 3 is 2.69 bits per heavy atom. The molecule has 0 aliphatic heterocycles. The molecule has 0 saturated heterocycles. The molecule has 4 unspecified atom stereocenters. The average molecular weight is 226 g/mol. The number of ether oxygens (including phenoxy) is 1. The monoisotopic (exact) mass is 226 g/mol. The molecule has 2 nitrogen and oxygen atoms in total. The molecule has 2 heteroatoms. The zero-order chi connectivity index (χ0) is 11.4. The van der Waals surface area contributed by atoms with Gasteiger partial charge in [-0.1, -0.05) is 32.6 Å². The van der Waals surface area contributed by atoms with Gasteiger partial charge in [-0.2, -0.15) is 0 Å². The maximum absolute atomic E-state index is 9.56. The molecule has 2 aliphatic rings. The van der Waals surface area contributed by atoms with Crippen LogP contribution in [-0.2, 0) is 4.74 Å². The normalized spacial score (nSPS) is 36.8. The molecule has 0 amide bonds. The van der Waals surface area contributed by atoms with Crippen LogP contribution in [0.25, 0.3) is 0 Å². The van der Waals surface area contributed by atoms with Crippen molar-refractivity contribution in [2.24, 2.45) is 11.8 Å². The molecule has 0 bridgehead atoms. The third kappa shape index (κ3) is 2.98. The van der Waals surface area contributed by atoms with Crippen molar-refractivity contribution in [2.45, 2.75) is 70.5 Å². The SMILES string of the molecule is CCC(O)COC1CCCC2CCCCC21. The first-order valence-electron chi connectivity index (χ1n) is 7.11. The van der Waals surface area contributed by atoms with Crippen LogP contribution < -0.4 is 0 Å². The first-order chi connectivity index (χ1) is 7.81. The Balaban J connectivity index is 1.82. The van der Waals surface area contributed by atoms with E-state index in [1.54, 1.807) is 0 Å². The van der Waals surface area contributed by atoms with Gasteiger partial charge in [0, 0.05) is 0 Å². The molecule has 2 rings (SSSR count). The summed E-state index contributed by atoms with van der Waals surface area (Å²) in [6.45, 7) is 2.56. The van der Waals surface area contributed by atoms with Gasteiger partial charge in [-0.3, -0.25) is 0 Å². The molecule has 0 heterocycles. The van der Waals surface area contributed by atoms with Gasteiger partial charge >= 0.3 is 0 Å². The lowest BCUT2D eigenvalue weighted by atomic mass is 9.69. The summed E-state index contributed by atoms with van der Waals surface area (Å²) in [5.41, 5.74) is 0. The summed E-state index contributed by atoms with van der Waals surface area (Å²) in [6.07, 6.45) is 10.5. The fourth-order valence-corrected chi connectivity index (χ4v) is 3.44. The van der Waals surface area contributed by atoms with Crippen LogP contribution >= 0.6 is 0 Å². The van der Waals surface area contributed by atoms with Crippen molar-refractivity contribution in [3.8, 4) is 0 Å². The van der Waals surface area contributed by atoms with Gasteiger partial charge in [0.2, 0.25) is 0 Å². The predicted molar refractivity (Wildman–Crippen MR) is 65.3 cm³/mol. The summed E-state index contributed by atoms with van der Waals surface area (Å²) in [4.78, 5) is 0. The molecular formula is C14H26O2. The molecule has 4 atom stereocenters. The number of aliphatic hydroxyl groups is 1. The first kappa shape index (κ1) is 12.4. The van der Waals surface area contributed by atoms with Crippen molar-refractivity contribution in [3.63, 3.8) is 0 Å². The Morgan fingerprint density at radius 2 is 1.88 bits per heavy atom. The number of fused-ring (bicyclic) bond motifs is 1. The zero-order valence-corrected chi connectivity index (χ0v) is 10.5. The van der Waals surface area contributed by atoms with E-state index in [4.69, 9.17) is 4.74 Å². The molecule has 2 saturated carbocycles. The maximum Gasteiger partial charge on any atom is 0.0771 e. The van der Waals surface area contributed by atoms with E-state index in [1.807, 2.05) is 6.92 Å². The molecule has 2 aliphatic carbocycles. The summed E-state index contributed by atoms with van der Waals surface area (Å²) in [6, 6.07) is 0. The van der Waals surface area contributed by atoms with Gasteiger partial charge in [-0.05, 0) is 37.5 Å². The van der Waals surface area contributed by atoms with Crippen LogP contribution in [0.2, 0.25) is 0 Å². The third-order valence-corrected chi connectivity index (χ3v) is 4.48. The summed E-state index contributed by atoms with van der Waals surface area (Å²) in [7, 11) is 0. The van der Waals surface area contributed by atoms with Crippen LogP contribution in [0.15, 0.2) is 0 Å². The molecule has 1 N–H and O–H groups in total. The standard InChI is InChI=1S/C14H26O2/c1-2-12(15)10-16-14-9-5-7-11-6-3-4-8-13(11)14/h11-15H,2-10H2,1H3. The van der Waals surface area contributed by atoms with E-state index in [1.165, 1.54) is 44.9 Å². The second kappa shape index (κ2) is 6.02. The molecule has 0 radical (unpaired) electrons. The van der Waals surface area contributed by atoms with Crippen molar-refractivity contribution in [1.82, 2.24) is 0 Å². The molecule has 0 aromatic carbocycles. The van der Waals surface area contributed by atoms with Crippen LogP contribution in [0.4, 0.5) is 0 Å². The highest BCUT2D eigenvalue weighted by Gasteiger charge is 2.35. The summed E-state index contributed by atoms with van der Waals surface area (Å²) < 4.78 is 5.96. The van der Waals surface area contributed by atoms with E-state index in [2.05, 4.69) is 0 Å². The predicted octanol–water partition coefficient (Wildman–Crippen LogP) is 3.13. The second-order valence-corrected chi connectivity index (χ2v) is 5.57. The van der Waals surface area contributed by atoms with Gasteiger partial charge in [-0.25, -0.2) is 0 Å². The molecule has 0 aromatic rings. The van der Waals surface area contributed by atoms with Crippen LogP contribution in [-0.4, -0.2) is 23.9 Å². The third-order valence-electron chi connectivity index (χ3n) is 4.48. The topological polar surface area (TPSA) is 29.5 Å². The lowest BCUT2D eigenvalue weighted by Gasteiger charge is -2.41. The van der Waals surface area contributed by atoms with Gasteiger partial charge in [0.25, 0.3) is 0 Å². The molecular weight excluding hydrogens is 200 g/mol. The van der Waals surface area contributed by atoms with E-state index in [9.17, 15) is 5.11 Å². The highest BCUT2D eigenvalue weighted by atomic mass is 16.5. The zero-order valence-electron chi connectivity index (χ0n) is 10.5. The first-order valence-corrected chi connectivity index (χ1v) is 7.11. The summed E-state index contributed by atoms with van der Waals surface area (Å²) in [5.74, 6) is 1.72. The summed E-state index contributed by atoms with van der Waals surface area (Å²) >= 11 is 0. The Hall–Kier alpha value is -0.0800. The fraction of sp³-hybridized carbons (Fsp3) is 1.00. The van der Waals surface area contributed by atoms with Crippen LogP contribution in [0.3, 0.4) is 0 Å². The Morgan fingerprint density at radius 1 is 1.12 bits per heavy atom. The Bertz CT molecular complexity index is 203. The van der Waals surface area contributed by atoms with Gasteiger partial charge in [-0.15, -0.1) is 0 Å². The lowest BCUT2D eigenvalue weighted by molar-refractivity contribution is -0.0747. The average Bonchev–Trinajstić information content (AvgIpc) is 2.35. The number of aliphatic hydroxyl groups excluding tert-OH is 1. The van der Waals surface area contributed by atoms with Gasteiger partial charge in [0.05, 0.1) is 18.8 Å². The van der Waals surface area contributed by atoms with Gasteiger partial charge < -0.3 is 9.84 Å². The summed E-state index contributed by atoms with van der Waals surface area (Å²) in [5, 5.41) is 9.56. The molecule has 16 heavy (non-hydrogen) atoms. The number of hydrogen-bond donors (Lipinski definition) is 1. The molecule has 0 aromatic heterocycles. The quantitative estimate of drug-likeness (QED) is 0.798. The van der Waals surface area contributed by atoms with Crippen molar-refractivity contribution in [3.05, 3.63) is 0 Å². The van der Waals surface area contributed by atoms with Gasteiger partial charge in [0.15, 0.2) is 0 Å². The highest BCUT2D eigenvalue weighted by molar-refractivity contribution is 4.86. The number of rotatable bonds is 4. The highest BCUT2D eigenvalue weighted by Crippen LogP contribution is 2.41. The van der Waals surface area contributed by atoms with Crippen molar-refractivity contribution >= 4 is 0 Å². The van der Waals surface area contributed by atoms with E-state index < -0.39 is 0 Å². The lowest BCUT2D eigenvalue weighted by Crippen LogP contribution is -2.37. The Labute approximate surface area is 99.4 Å². The maximum atomic E-state index is 9.56. The smallest absolute Gasteiger partial charge is 0.0771 e. The van der Waals surface area contributed by atoms with Crippen LogP contribution in [0, 0.1) is 11.8 Å². The van der Waals surface area contributed by atoms with Gasteiger partial charge in [0.1, 0.15) is 0 Å². The van der Waals surface area contributed by atoms with Crippen LogP contribution in [0.1, 0.15) is 58.3 Å². The van der Waals surface area contributed by atoms with Crippen molar-refractivity contribution in [1.29, 1.82) is 0 Å². The van der Waals surface area contributed by atoms with E-state index in [-0.39, 0.29) is 6.10 Å².